The quantitative estimate of drug-likeness (QED) is 0.506. The van der Waals surface area contributed by atoms with E-state index in [0.29, 0.717) is 32.6 Å². The van der Waals surface area contributed by atoms with E-state index in [1.54, 1.807) is 4.90 Å². The van der Waals surface area contributed by atoms with Crippen molar-refractivity contribution in [3.8, 4) is 0 Å². The van der Waals surface area contributed by atoms with E-state index >= 15 is 0 Å². The van der Waals surface area contributed by atoms with Crippen molar-refractivity contribution in [2.24, 2.45) is 0 Å². The molecule has 0 atom stereocenters. The minimum absolute atomic E-state index is 0.278. The number of nitrogens with zero attached hydrogens (tertiary/aromatic N) is 3. The lowest BCUT2D eigenvalue weighted by Gasteiger charge is -2.29. The molecule has 0 radical (unpaired) electrons. The normalized spacial score (nSPS) is 14.6. The van der Waals surface area contributed by atoms with E-state index in [9.17, 15) is 9.59 Å². The zero-order valence-corrected chi connectivity index (χ0v) is 14.8. The summed E-state index contributed by atoms with van der Waals surface area (Å²) in [6, 6.07) is 0. The number of hydrogen-bond donors (Lipinski definition) is 1. The zero-order chi connectivity index (χ0) is 17.7. The second-order valence-electron chi connectivity index (χ2n) is 6.84. The van der Waals surface area contributed by atoms with E-state index in [2.05, 4.69) is 10.4 Å². The average molecular weight is 334 g/mol. The highest BCUT2D eigenvalue weighted by atomic mass is 16.6. The monoisotopic (exact) mass is 334 g/mol. The summed E-state index contributed by atoms with van der Waals surface area (Å²) in [4.78, 5) is 24.2. The molecule has 7 nitrogen and oxygen atoms in total. The summed E-state index contributed by atoms with van der Waals surface area (Å²) in [5, 5.41) is 7.21. The Morgan fingerprint density at radius 2 is 2.12 bits per heavy atom. The molecule has 0 saturated carbocycles. The van der Waals surface area contributed by atoms with Gasteiger partial charge in [0.05, 0.1) is 18.8 Å². The zero-order valence-electron chi connectivity index (χ0n) is 14.8. The molecule has 1 aliphatic rings. The Bertz CT molecular complexity index is 629. The van der Waals surface area contributed by atoms with Gasteiger partial charge in [-0.2, -0.15) is 5.10 Å². The summed E-state index contributed by atoms with van der Waals surface area (Å²) in [6.45, 7) is 9.94. The smallest absolute Gasteiger partial charge is 0.410 e. The minimum atomic E-state index is -0.489. The highest BCUT2D eigenvalue weighted by Gasteiger charge is 2.28. The Morgan fingerprint density at radius 3 is 2.79 bits per heavy atom. The van der Waals surface area contributed by atoms with Crippen LogP contribution in [0.3, 0.4) is 0 Å². The molecule has 2 rings (SSSR count). The number of amides is 2. The Balaban J connectivity index is 2.02. The summed E-state index contributed by atoms with van der Waals surface area (Å²) in [5.41, 5.74) is 2.72. The number of carbonyl (C=O) groups is 2. The van der Waals surface area contributed by atoms with Crippen molar-refractivity contribution in [2.75, 3.05) is 13.1 Å². The molecule has 24 heavy (non-hydrogen) atoms. The molecular formula is C17H26N4O3. The number of allylic oxidation sites excluding steroid dienone is 1. The molecule has 1 aromatic rings. The van der Waals surface area contributed by atoms with Gasteiger partial charge in [0.2, 0.25) is 6.41 Å². The fourth-order valence-electron chi connectivity index (χ4n) is 2.60. The molecule has 2 heterocycles. The maximum Gasteiger partial charge on any atom is 0.410 e. The number of fused-ring (bicyclic) bond motifs is 1. The van der Waals surface area contributed by atoms with Gasteiger partial charge in [-0.05, 0) is 27.7 Å². The van der Waals surface area contributed by atoms with Crippen LogP contribution in [0.15, 0.2) is 12.2 Å². The van der Waals surface area contributed by atoms with Crippen LogP contribution in [0.1, 0.15) is 37.7 Å². The number of hydrogen-bond acceptors (Lipinski definition) is 4. The second-order valence-corrected chi connectivity index (χ2v) is 6.84. The van der Waals surface area contributed by atoms with E-state index in [1.807, 2.05) is 44.5 Å². The summed E-state index contributed by atoms with van der Waals surface area (Å²) < 4.78 is 7.39. The molecule has 0 unspecified atom stereocenters. The van der Waals surface area contributed by atoms with Gasteiger partial charge in [-0.1, -0.05) is 12.2 Å². The molecule has 0 bridgehead atoms. The predicted octanol–water partition coefficient (Wildman–Crippen LogP) is 1.79. The maximum absolute atomic E-state index is 12.2. The van der Waals surface area contributed by atoms with Crippen LogP contribution in [-0.4, -0.2) is 45.9 Å². The van der Waals surface area contributed by atoms with Gasteiger partial charge in [0.15, 0.2) is 0 Å². The van der Waals surface area contributed by atoms with Crippen LogP contribution in [0, 0.1) is 6.92 Å². The van der Waals surface area contributed by atoms with Crippen LogP contribution in [0.4, 0.5) is 4.79 Å². The molecule has 2 amide bonds. The van der Waals surface area contributed by atoms with Crippen LogP contribution >= 0.6 is 0 Å². The third-order valence-corrected chi connectivity index (χ3v) is 3.80. The Morgan fingerprint density at radius 1 is 1.38 bits per heavy atom. The standard InChI is InChI=1S/C17H26N4O3/c1-13-14-11-20(16(23)24-17(2,3)4)10-7-15(14)19-21(13)9-6-5-8-18-12-22/h5-6,12H,7-11H2,1-4H3,(H,18,22)/b6-5-. The van der Waals surface area contributed by atoms with Gasteiger partial charge < -0.3 is 15.0 Å². The second kappa shape index (κ2) is 7.51. The van der Waals surface area contributed by atoms with Crippen molar-refractivity contribution in [1.82, 2.24) is 20.0 Å². The Hall–Kier alpha value is -2.31. The minimum Gasteiger partial charge on any atom is -0.444 e. The topological polar surface area (TPSA) is 76.5 Å². The molecule has 132 valence electrons. The Kier molecular flexibility index (Phi) is 5.64. The van der Waals surface area contributed by atoms with E-state index < -0.39 is 5.60 Å². The van der Waals surface area contributed by atoms with Gasteiger partial charge in [-0.3, -0.25) is 9.48 Å². The van der Waals surface area contributed by atoms with Crippen molar-refractivity contribution in [3.05, 3.63) is 29.1 Å². The van der Waals surface area contributed by atoms with Gasteiger partial charge in [0.1, 0.15) is 5.60 Å². The van der Waals surface area contributed by atoms with E-state index in [0.717, 1.165) is 23.4 Å². The van der Waals surface area contributed by atoms with E-state index in [1.165, 1.54) is 0 Å². The fourth-order valence-corrected chi connectivity index (χ4v) is 2.60. The third-order valence-electron chi connectivity index (χ3n) is 3.80. The van der Waals surface area contributed by atoms with E-state index in [4.69, 9.17) is 4.74 Å². The fraction of sp³-hybridized carbons (Fsp3) is 0.588. The predicted molar refractivity (Wildman–Crippen MR) is 90.5 cm³/mol. The lowest BCUT2D eigenvalue weighted by Crippen LogP contribution is -2.39. The number of nitrogens with one attached hydrogen (secondary N) is 1. The molecule has 1 aromatic heterocycles. The summed E-state index contributed by atoms with van der Waals surface area (Å²) in [6.07, 6.45) is 4.99. The van der Waals surface area contributed by atoms with E-state index in [-0.39, 0.29) is 6.09 Å². The molecule has 0 aromatic carbocycles. The van der Waals surface area contributed by atoms with Crippen molar-refractivity contribution in [3.63, 3.8) is 0 Å². The molecule has 0 fully saturated rings. The number of aromatic nitrogens is 2. The van der Waals surface area contributed by atoms with Crippen LogP contribution in [0.2, 0.25) is 0 Å². The molecule has 1 aliphatic heterocycles. The van der Waals surface area contributed by atoms with Crippen LogP contribution < -0.4 is 5.32 Å². The largest absolute Gasteiger partial charge is 0.444 e. The van der Waals surface area contributed by atoms with Gasteiger partial charge in [0, 0.05) is 30.8 Å². The first kappa shape index (κ1) is 18.0. The lowest BCUT2D eigenvalue weighted by molar-refractivity contribution is -0.109. The number of carbonyl (C=O) groups excluding carboxylic acids is 2. The van der Waals surface area contributed by atoms with Crippen LogP contribution in [0.25, 0.3) is 0 Å². The molecule has 0 aliphatic carbocycles. The first-order chi connectivity index (χ1) is 11.3. The average Bonchev–Trinajstić information content (AvgIpc) is 2.81. The van der Waals surface area contributed by atoms with Crippen molar-refractivity contribution in [1.29, 1.82) is 0 Å². The van der Waals surface area contributed by atoms with Crippen molar-refractivity contribution >= 4 is 12.5 Å². The Labute approximate surface area is 142 Å². The van der Waals surface area contributed by atoms with Crippen LogP contribution in [0.5, 0.6) is 0 Å². The highest BCUT2D eigenvalue weighted by Crippen LogP contribution is 2.23. The van der Waals surface area contributed by atoms with Crippen molar-refractivity contribution in [2.45, 2.75) is 52.8 Å². The van der Waals surface area contributed by atoms with Crippen molar-refractivity contribution < 1.29 is 14.3 Å². The lowest BCUT2D eigenvalue weighted by atomic mass is 10.1. The summed E-state index contributed by atoms with van der Waals surface area (Å²) in [5.74, 6) is 0. The highest BCUT2D eigenvalue weighted by molar-refractivity contribution is 5.68. The molecular weight excluding hydrogens is 308 g/mol. The van der Waals surface area contributed by atoms with Gasteiger partial charge in [-0.25, -0.2) is 4.79 Å². The first-order valence-corrected chi connectivity index (χ1v) is 8.17. The third kappa shape index (κ3) is 4.59. The number of rotatable bonds is 5. The van der Waals surface area contributed by atoms with Gasteiger partial charge in [0.25, 0.3) is 0 Å². The first-order valence-electron chi connectivity index (χ1n) is 8.17. The molecule has 1 N–H and O–H groups in total. The number of ether oxygens (including phenoxy) is 1. The maximum atomic E-state index is 12.2. The molecule has 0 spiro atoms. The molecule has 7 heteroatoms. The molecule has 0 saturated heterocycles. The van der Waals surface area contributed by atoms with Gasteiger partial charge >= 0.3 is 6.09 Å². The SMILES string of the molecule is Cc1c2c(nn1C/C=C\CNC=O)CCN(C(=O)OC(C)(C)C)C2. The van der Waals surface area contributed by atoms with Gasteiger partial charge in [-0.15, -0.1) is 0 Å². The van der Waals surface area contributed by atoms with Crippen LogP contribution in [-0.2, 0) is 29.0 Å². The summed E-state index contributed by atoms with van der Waals surface area (Å²) in [7, 11) is 0. The summed E-state index contributed by atoms with van der Waals surface area (Å²) >= 11 is 0.